The number of ether oxygens (including phenoxy) is 1. The first-order chi connectivity index (χ1) is 17.4. The Morgan fingerprint density at radius 2 is 1.58 bits per heavy atom. The van der Waals surface area contributed by atoms with Gasteiger partial charge in [0.2, 0.25) is 5.91 Å². The Kier molecular flexibility index (Phi) is 10.4. The summed E-state index contributed by atoms with van der Waals surface area (Å²) in [6.45, 7) is 6.71. The molecule has 1 atom stereocenters. The van der Waals surface area contributed by atoms with Crippen molar-refractivity contribution in [1.29, 1.82) is 0 Å². The van der Waals surface area contributed by atoms with E-state index in [0.29, 0.717) is 23.7 Å². The monoisotopic (exact) mass is 506 g/mol. The lowest BCUT2D eigenvalue weighted by atomic mass is 10.0. The van der Waals surface area contributed by atoms with Gasteiger partial charge in [-0.1, -0.05) is 93.0 Å². The highest BCUT2D eigenvalue weighted by Crippen LogP contribution is 2.21. The van der Waals surface area contributed by atoms with E-state index >= 15 is 0 Å². The number of nitrogens with one attached hydrogen (secondary N) is 1. The largest absolute Gasteiger partial charge is 0.484 e. The van der Waals surface area contributed by atoms with Gasteiger partial charge in [0.15, 0.2) is 6.61 Å². The number of carbonyl (C=O) groups excluding carboxylic acids is 2. The van der Waals surface area contributed by atoms with Crippen molar-refractivity contribution in [3.8, 4) is 5.75 Å². The van der Waals surface area contributed by atoms with Crippen LogP contribution in [0.2, 0.25) is 5.02 Å². The molecule has 1 N–H and O–H groups in total. The molecule has 6 heteroatoms. The SMILES string of the molecule is CCc1ccc(OCC(=O)N(Cc2ccccc2Cl)[C@@H](Cc2ccccc2)C(=O)NCC(C)C)cc1. The van der Waals surface area contributed by atoms with Gasteiger partial charge in [-0.25, -0.2) is 0 Å². The fourth-order valence-electron chi connectivity index (χ4n) is 3.84. The van der Waals surface area contributed by atoms with Gasteiger partial charge >= 0.3 is 0 Å². The van der Waals surface area contributed by atoms with Crippen LogP contribution in [-0.4, -0.2) is 35.9 Å². The summed E-state index contributed by atoms with van der Waals surface area (Å²) in [5, 5.41) is 3.57. The quantitative estimate of drug-likeness (QED) is 0.343. The summed E-state index contributed by atoms with van der Waals surface area (Å²) in [4.78, 5) is 28.6. The van der Waals surface area contributed by atoms with Gasteiger partial charge in [-0.05, 0) is 47.2 Å². The Morgan fingerprint density at radius 3 is 2.22 bits per heavy atom. The third-order valence-corrected chi connectivity index (χ3v) is 6.32. The number of hydrogen-bond donors (Lipinski definition) is 1. The molecule has 190 valence electrons. The Morgan fingerprint density at radius 1 is 0.917 bits per heavy atom. The highest BCUT2D eigenvalue weighted by atomic mass is 35.5. The van der Waals surface area contributed by atoms with Crippen LogP contribution < -0.4 is 10.1 Å². The van der Waals surface area contributed by atoms with Crippen molar-refractivity contribution in [3.63, 3.8) is 0 Å². The lowest BCUT2D eigenvalue weighted by Gasteiger charge is -2.32. The van der Waals surface area contributed by atoms with Crippen LogP contribution in [0.4, 0.5) is 0 Å². The summed E-state index contributed by atoms with van der Waals surface area (Å²) in [5.41, 5.74) is 2.93. The molecule has 0 saturated heterocycles. The first-order valence-corrected chi connectivity index (χ1v) is 12.8. The molecule has 0 unspecified atom stereocenters. The van der Waals surface area contributed by atoms with E-state index in [-0.39, 0.29) is 30.9 Å². The first-order valence-electron chi connectivity index (χ1n) is 12.4. The van der Waals surface area contributed by atoms with E-state index in [1.54, 1.807) is 11.0 Å². The summed E-state index contributed by atoms with van der Waals surface area (Å²) in [7, 11) is 0. The molecule has 0 aliphatic heterocycles. The fraction of sp³-hybridized carbons (Fsp3) is 0.333. The van der Waals surface area contributed by atoms with Gasteiger partial charge in [-0.15, -0.1) is 0 Å². The number of halogens is 1. The summed E-state index contributed by atoms with van der Waals surface area (Å²) in [6, 6.07) is 24.1. The molecular formula is C30H35ClN2O3. The number of benzene rings is 3. The molecule has 36 heavy (non-hydrogen) atoms. The van der Waals surface area contributed by atoms with Crippen LogP contribution in [0.1, 0.15) is 37.5 Å². The number of carbonyl (C=O) groups is 2. The molecule has 0 spiro atoms. The number of aryl methyl sites for hydroxylation is 1. The normalized spacial score (nSPS) is 11.7. The van der Waals surface area contributed by atoms with Gasteiger partial charge in [-0.3, -0.25) is 9.59 Å². The summed E-state index contributed by atoms with van der Waals surface area (Å²) >= 11 is 6.45. The first kappa shape index (κ1) is 27.3. The molecule has 0 bridgehead atoms. The average Bonchev–Trinajstić information content (AvgIpc) is 2.89. The second kappa shape index (κ2) is 13.7. The van der Waals surface area contributed by atoms with Crippen LogP contribution >= 0.6 is 11.6 Å². The van der Waals surface area contributed by atoms with E-state index in [1.165, 1.54) is 5.56 Å². The molecule has 2 amide bonds. The lowest BCUT2D eigenvalue weighted by Crippen LogP contribution is -2.52. The standard InChI is InChI=1S/C30H35ClN2O3/c1-4-23-14-16-26(17-15-23)36-21-29(34)33(20-25-12-8-9-13-27(25)31)28(30(35)32-19-22(2)3)18-24-10-6-5-7-11-24/h5-17,22,28H,4,18-21H2,1-3H3,(H,32,35)/t28-/m0/s1. The van der Waals surface area contributed by atoms with E-state index in [1.807, 2.05) is 86.6 Å². The fourth-order valence-corrected chi connectivity index (χ4v) is 4.03. The maximum Gasteiger partial charge on any atom is 0.261 e. The number of hydrogen-bond acceptors (Lipinski definition) is 3. The zero-order valence-corrected chi connectivity index (χ0v) is 22.0. The molecule has 3 aromatic rings. The average molecular weight is 507 g/mol. The summed E-state index contributed by atoms with van der Waals surface area (Å²) < 4.78 is 5.84. The molecular weight excluding hydrogens is 472 g/mol. The van der Waals surface area contributed by atoms with Crippen molar-refractivity contribution in [2.24, 2.45) is 5.92 Å². The van der Waals surface area contributed by atoms with Crippen molar-refractivity contribution in [3.05, 3.63) is 101 Å². The second-order valence-electron chi connectivity index (χ2n) is 9.24. The molecule has 0 radical (unpaired) electrons. The minimum atomic E-state index is -0.721. The van der Waals surface area contributed by atoms with Crippen molar-refractivity contribution in [2.45, 2.75) is 46.2 Å². The van der Waals surface area contributed by atoms with Gasteiger partial charge in [-0.2, -0.15) is 0 Å². The van der Waals surface area contributed by atoms with Crippen molar-refractivity contribution < 1.29 is 14.3 Å². The van der Waals surface area contributed by atoms with E-state index in [9.17, 15) is 9.59 Å². The number of amides is 2. The van der Waals surface area contributed by atoms with Gasteiger partial charge in [0.25, 0.3) is 5.91 Å². The smallest absolute Gasteiger partial charge is 0.261 e. The molecule has 0 aliphatic carbocycles. The Balaban J connectivity index is 1.89. The zero-order valence-electron chi connectivity index (χ0n) is 21.2. The molecule has 3 aromatic carbocycles. The van der Waals surface area contributed by atoms with E-state index in [0.717, 1.165) is 17.5 Å². The van der Waals surface area contributed by atoms with Gasteiger partial charge in [0.05, 0.1) is 0 Å². The maximum absolute atomic E-state index is 13.6. The molecule has 0 saturated carbocycles. The van der Waals surface area contributed by atoms with Gasteiger partial charge < -0.3 is 15.0 Å². The Hall–Kier alpha value is -3.31. The molecule has 0 aromatic heterocycles. The zero-order chi connectivity index (χ0) is 25.9. The van der Waals surface area contributed by atoms with Crippen molar-refractivity contribution in [2.75, 3.05) is 13.2 Å². The van der Waals surface area contributed by atoms with E-state index in [4.69, 9.17) is 16.3 Å². The van der Waals surface area contributed by atoms with Crippen LogP contribution in [0, 0.1) is 5.92 Å². The van der Waals surface area contributed by atoms with Gasteiger partial charge in [0.1, 0.15) is 11.8 Å². The maximum atomic E-state index is 13.6. The molecule has 0 fully saturated rings. The third kappa shape index (κ3) is 8.13. The van der Waals surface area contributed by atoms with Crippen LogP contribution in [-0.2, 0) is 29.0 Å². The van der Waals surface area contributed by atoms with Crippen molar-refractivity contribution in [1.82, 2.24) is 10.2 Å². The van der Waals surface area contributed by atoms with Crippen LogP contribution in [0.25, 0.3) is 0 Å². The van der Waals surface area contributed by atoms with Crippen LogP contribution in [0.15, 0.2) is 78.9 Å². The van der Waals surface area contributed by atoms with Crippen LogP contribution in [0.5, 0.6) is 5.75 Å². The minimum absolute atomic E-state index is 0.182. The molecule has 3 rings (SSSR count). The minimum Gasteiger partial charge on any atom is -0.484 e. The van der Waals surface area contributed by atoms with E-state index in [2.05, 4.69) is 12.2 Å². The highest BCUT2D eigenvalue weighted by molar-refractivity contribution is 6.31. The Labute approximate surface area is 219 Å². The topological polar surface area (TPSA) is 58.6 Å². The van der Waals surface area contributed by atoms with Crippen molar-refractivity contribution >= 4 is 23.4 Å². The highest BCUT2D eigenvalue weighted by Gasteiger charge is 2.31. The molecule has 0 aliphatic rings. The lowest BCUT2D eigenvalue weighted by molar-refractivity contribution is -0.142. The number of rotatable bonds is 12. The number of nitrogens with zero attached hydrogens (tertiary/aromatic N) is 1. The summed E-state index contributed by atoms with van der Waals surface area (Å²) in [5.74, 6) is 0.422. The second-order valence-corrected chi connectivity index (χ2v) is 9.65. The molecule has 5 nitrogen and oxygen atoms in total. The molecule has 0 heterocycles. The van der Waals surface area contributed by atoms with Crippen LogP contribution in [0.3, 0.4) is 0 Å². The predicted molar refractivity (Wildman–Crippen MR) is 145 cm³/mol. The Bertz CT molecular complexity index is 1120. The summed E-state index contributed by atoms with van der Waals surface area (Å²) in [6.07, 6.45) is 1.31. The predicted octanol–water partition coefficient (Wildman–Crippen LogP) is 5.69. The van der Waals surface area contributed by atoms with Gasteiger partial charge in [0, 0.05) is 24.5 Å². The van der Waals surface area contributed by atoms with E-state index < -0.39 is 6.04 Å². The third-order valence-electron chi connectivity index (χ3n) is 5.95.